The van der Waals surface area contributed by atoms with Crippen molar-refractivity contribution in [3.63, 3.8) is 0 Å². The van der Waals surface area contributed by atoms with E-state index in [-0.39, 0.29) is 0 Å². The molecule has 0 spiro atoms. The zero-order valence-electron chi connectivity index (χ0n) is 7.25. The second kappa shape index (κ2) is 4.25. The number of nitrogens with one attached hydrogen (secondary N) is 1. The first-order valence-electron chi connectivity index (χ1n) is 3.87. The summed E-state index contributed by atoms with van der Waals surface area (Å²) < 4.78 is 0. The lowest BCUT2D eigenvalue weighted by atomic mass is 10.1. The van der Waals surface area contributed by atoms with Crippen molar-refractivity contribution in [2.24, 2.45) is 5.73 Å². The number of halogens is 1. The molecule has 0 bridgehead atoms. The van der Waals surface area contributed by atoms with Gasteiger partial charge < -0.3 is 11.1 Å². The zero-order valence-corrected chi connectivity index (χ0v) is 8.01. The quantitative estimate of drug-likeness (QED) is 0.764. The molecule has 1 rings (SSSR count). The first-order valence-corrected chi connectivity index (χ1v) is 4.25. The van der Waals surface area contributed by atoms with Crippen LogP contribution in [0.4, 0.5) is 0 Å². The van der Waals surface area contributed by atoms with Crippen molar-refractivity contribution in [1.29, 1.82) is 0 Å². The topological polar surface area (TPSA) is 55.1 Å². The monoisotopic (exact) mass is 198 g/mol. The molecule has 0 aromatic heterocycles. The second-order valence-electron chi connectivity index (χ2n) is 2.68. The summed E-state index contributed by atoms with van der Waals surface area (Å²) in [6.45, 7) is 0. The fraction of sp³-hybridized carbons (Fsp3) is 0.222. The van der Waals surface area contributed by atoms with Gasteiger partial charge in [0.05, 0.1) is 0 Å². The van der Waals surface area contributed by atoms with Gasteiger partial charge in [-0.05, 0) is 24.7 Å². The molecule has 13 heavy (non-hydrogen) atoms. The largest absolute Gasteiger partial charge is 0.368 e. The lowest BCUT2D eigenvalue weighted by molar-refractivity contribution is -0.120. The van der Waals surface area contributed by atoms with E-state index in [4.69, 9.17) is 17.3 Å². The average molecular weight is 199 g/mol. The van der Waals surface area contributed by atoms with Crippen molar-refractivity contribution in [3.05, 3.63) is 34.9 Å². The third kappa shape index (κ3) is 2.44. The van der Waals surface area contributed by atoms with E-state index < -0.39 is 11.9 Å². The van der Waals surface area contributed by atoms with Gasteiger partial charge in [0.2, 0.25) is 5.91 Å². The van der Waals surface area contributed by atoms with Gasteiger partial charge >= 0.3 is 0 Å². The Morgan fingerprint density at radius 3 is 2.77 bits per heavy atom. The van der Waals surface area contributed by atoms with Crippen LogP contribution < -0.4 is 11.1 Å². The van der Waals surface area contributed by atoms with Gasteiger partial charge in [-0.3, -0.25) is 4.79 Å². The fourth-order valence-corrected chi connectivity index (χ4v) is 1.36. The van der Waals surface area contributed by atoms with Crippen LogP contribution in [0.2, 0.25) is 5.02 Å². The highest BCUT2D eigenvalue weighted by Gasteiger charge is 2.14. The van der Waals surface area contributed by atoms with Crippen molar-refractivity contribution >= 4 is 17.5 Å². The molecule has 0 saturated heterocycles. The van der Waals surface area contributed by atoms with Crippen LogP contribution in [0.15, 0.2) is 24.3 Å². The van der Waals surface area contributed by atoms with Crippen molar-refractivity contribution in [2.75, 3.05) is 7.05 Å². The van der Waals surface area contributed by atoms with E-state index in [1.54, 1.807) is 31.3 Å². The Labute approximate surface area is 81.9 Å². The van der Waals surface area contributed by atoms with Crippen molar-refractivity contribution in [2.45, 2.75) is 6.04 Å². The molecule has 0 fully saturated rings. The molecule has 0 aliphatic heterocycles. The number of primary amides is 1. The van der Waals surface area contributed by atoms with E-state index in [2.05, 4.69) is 5.32 Å². The highest BCUT2D eigenvalue weighted by Crippen LogP contribution is 2.16. The van der Waals surface area contributed by atoms with Crippen LogP contribution in [0.5, 0.6) is 0 Å². The number of nitrogens with two attached hydrogens (primary N) is 1. The summed E-state index contributed by atoms with van der Waals surface area (Å²) in [5, 5.41) is 3.41. The summed E-state index contributed by atoms with van der Waals surface area (Å²) in [4.78, 5) is 11.0. The molecular formula is C9H11ClN2O. The predicted molar refractivity (Wildman–Crippen MR) is 52.4 cm³/mol. The smallest absolute Gasteiger partial charge is 0.239 e. The highest BCUT2D eigenvalue weighted by molar-refractivity contribution is 6.30. The molecule has 4 heteroatoms. The molecule has 0 radical (unpaired) electrons. The standard InChI is InChI=1S/C9H11ClN2O/c1-12-8(9(11)13)6-3-2-4-7(10)5-6/h2-5,8,12H,1H3,(H2,11,13)/t8-/m1/s1. The summed E-state index contributed by atoms with van der Waals surface area (Å²) >= 11 is 5.77. The molecule has 0 aliphatic carbocycles. The maximum absolute atomic E-state index is 11.0. The number of benzene rings is 1. The van der Waals surface area contributed by atoms with Crippen LogP contribution >= 0.6 is 11.6 Å². The van der Waals surface area contributed by atoms with E-state index >= 15 is 0 Å². The maximum Gasteiger partial charge on any atom is 0.239 e. The molecule has 1 aromatic rings. The van der Waals surface area contributed by atoms with E-state index in [1.807, 2.05) is 0 Å². The first kappa shape index (κ1) is 10.0. The minimum Gasteiger partial charge on any atom is -0.368 e. The molecule has 1 aromatic carbocycles. The molecule has 1 amide bonds. The average Bonchev–Trinajstić information content (AvgIpc) is 2.04. The van der Waals surface area contributed by atoms with Gasteiger partial charge in [-0.15, -0.1) is 0 Å². The molecule has 0 saturated carbocycles. The van der Waals surface area contributed by atoms with Gasteiger partial charge in [0.1, 0.15) is 6.04 Å². The SMILES string of the molecule is CN[C@@H](C(N)=O)c1cccc(Cl)c1. The number of amides is 1. The van der Waals surface area contributed by atoms with Gasteiger partial charge in [-0.2, -0.15) is 0 Å². The van der Waals surface area contributed by atoms with Gasteiger partial charge in [-0.1, -0.05) is 23.7 Å². The molecule has 0 unspecified atom stereocenters. The highest BCUT2D eigenvalue weighted by atomic mass is 35.5. The van der Waals surface area contributed by atoms with E-state index in [0.717, 1.165) is 5.56 Å². The maximum atomic E-state index is 11.0. The third-order valence-electron chi connectivity index (χ3n) is 1.76. The van der Waals surface area contributed by atoms with Crippen LogP contribution in [0.3, 0.4) is 0 Å². The number of hydrogen-bond donors (Lipinski definition) is 2. The number of hydrogen-bond acceptors (Lipinski definition) is 2. The molecule has 1 atom stereocenters. The van der Waals surface area contributed by atoms with E-state index in [1.165, 1.54) is 0 Å². The summed E-state index contributed by atoms with van der Waals surface area (Å²) in [7, 11) is 1.68. The molecule has 3 N–H and O–H groups in total. The zero-order chi connectivity index (χ0) is 9.84. The Hall–Kier alpha value is -1.06. The van der Waals surface area contributed by atoms with Crippen LogP contribution in [0.25, 0.3) is 0 Å². The number of likely N-dealkylation sites (N-methyl/N-ethyl adjacent to an activating group) is 1. The fourth-order valence-electron chi connectivity index (χ4n) is 1.16. The Morgan fingerprint density at radius 2 is 2.31 bits per heavy atom. The summed E-state index contributed by atoms with van der Waals surface area (Å²) in [5.41, 5.74) is 5.96. The van der Waals surface area contributed by atoms with Crippen LogP contribution in [-0.4, -0.2) is 13.0 Å². The molecule has 70 valence electrons. The van der Waals surface area contributed by atoms with Gasteiger partial charge in [0.15, 0.2) is 0 Å². The van der Waals surface area contributed by atoms with E-state index in [9.17, 15) is 4.79 Å². The second-order valence-corrected chi connectivity index (χ2v) is 3.12. The summed E-state index contributed by atoms with van der Waals surface area (Å²) in [6, 6.07) is 6.58. The first-order chi connectivity index (χ1) is 6.15. The van der Waals surface area contributed by atoms with Crippen LogP contribution in [0, 0.1) is 0 Å². The van der Waals surface area contributed by atoms with Gasteiger partial charge in [-0.25, -0.2) is 0 Å². The summed E-state index contributed by atoms with van der Waals surface area (Å²) in [6.07, 6.45) is 0. The number of rotatable bonds is 3. The summed E-state index contributed by atoms with van der Waals surface area (Å²) in [5.74, 6) is -0.412. The minimum absolute atomic E-state index is 0.412. The van der Waals surface area contributed by atoms with Crippen LogP contribution in [-0.2, 0) is 4.79 Å². The lowest BCUT2D eigenvalue weighted by Crippen LogP contribution is -2.31. The van der Waals surface area contributed by atoms with Gasteiger partial charge in [0.25, 0.3) is 0 Å². The van der Waals surface area contributed by atoms with Crippen molar-refractivity contribution in [1.82, 2.24) is 5.32 Å². The Morgan fingerprint density at radius 1 is 1.62 bits per heavy atom. The van der Waals surface area contributed by atoms with Crippen LogP contribution in [0.1, 0.15) is 11.6 Å². The minimum atomic E-state index is -0.473. The number of carbonyl (C=O) groups is 1. The molecular weight excluding hydrogens is 188 g/mol. The normalized spacial score (nSPS) is 12.5. The third-order valence-corrected chi connectivity index (χ3v) is 1.99. The number of carbonyl (C=O) groups excluding carboxylic acids is 1. The van der Waals surface area contributed by atoms with E-state index in [0.29, 0.717) is 5.02 Å². The van der Waals surface area contributed by atoms with Crippen molar-refractivity contribution in [3.8, 4) is 0 Å². The molecule has 3 nitrogen and oxygen atoms in total. The lowest BCUT2D eigenvalue weighted by Gasteiger charge is -2.12. The Kier molecular flexibility index (Phi) is 3.28. The molecule has 0 heterocycles. The van der Waals surface area contributed by atoms with Crippen molar-refractivity contribution < 1.29 is 4.79 Å². The predicted octanol–water partition coefficient (Wildman–Crippen LogP) is 1.09. The molecule has 0 aliphatic rings. The Balaban J connectivity index is 2.98. The van der Waals surface area contributed by atoms with Gasteiger partial charge in [0, 0.05) is 5.02 Å². The Bertz CT molecular complexity index is 314.